The topological polar surface area (TPSA) is 67.0 Å². The molecule has 0 bridgehead atoms. The standard InChI is InChI=1S/C11H14ClN3O2/c12-10-9(7-14-15-11(10)16)13-4-1-8-2-5-17-6-3-8/h2,7H,1,3-6H2,(H2,13,15,16). The molecule has 1 aliphatic rings. The molecule has 1 aromatic heterocycles. The summed E-state index contributed by atoms with van der Waals surface area (Å²) in [6, 6.07) is 0. The van der Waals surface area contributed by atoms with Crippen LogP contribution in [0.3, 0.4) is 0 Å². The summed E-state index contributed by atoms with van der Waals surface area (Å²) in [7, 11) is 0. The van der Waals surface area contributed by atoms with Crippen molar-refractivity contribution < 1.29 is 4.74 Å². The molecule has 6 heteroatoms. The lowest BCUT2D eigenvalue weighted by Gasteiger charge is -2.14. The van der Waals surface area contributed by atoms with Crippen molar-refractivity contribution in [1.82, 2.24) is 10.2 Å². The first-order valence-electron chi connectivity index (χ1n) is 5.50. The zero-order valence-corrected chi connectivity index (χ0v) is 10.1. The Morgan fingerprint density at radius 3 is 3.24 bits per heavy atom. The van der Waals surface area contributed by atoms with Gasteiger partial charge >= 0.3 is 0 Å². The van der Waals surface area contributed by atoms with Crippen molar-refractivity contribution in [3.8, 4) is 0 Å². The van der Waals surface area contributed by atoms with Gasteiger partial charge in [-0.05, 0) is 12.8 Å². The molecule has 92 valence electrons. The lowest BCUT2D eigenvalue weighted by atomic mass is 10.1. The molecule has 0 fully saturated rings. The molecule has 1 aromatic rings. The molecular weight excluding hydrogens is 242 g/mol. The van der Waals surface area contributed by atoms with Crippen LogP contribution >= 0.6 is 11.6 Å². The van der Waals surface area contributed by atoms with E-state index in [0.29, 0.717) is 12.3 Å². The maximum Gasteiger partial charge on any atom is 0.285 e. The summed E-state index contributed by atoms with van der Waals surface area (Å²) in [5.41, 5.74) is 1.57. The van der Waals surface area contributed by atoms with E-state index in [1.54, 1.807) is 0 Å². The molecule has 2 heterocycles. The van der Waals surface area contributed by atoms with Crippen molar-refractivity contribution in [3.05, 3.63) is 33.2 Å². The van der Waals surface area contributed by atoms with Crippen LogP contribution in [0.5, 0.6) is 0 Å². The van der Waals surface area contributed by atoms with Crippen LogP contribution < -0.4 is 10.9 Å². The van der Waals surface area contributed by atoms with E-state index in [4.69, 9.17) is 16.3 Å². The van der Waals surface area contributed by atoms with Crippen molar-refractivity contribution in [2.45, 2.75) is 12.8 Å². The SMILES string of the molecule is O=c1[nH]ncc(NCCC2=CCOCC2)c1Cl. The number of nitrogens with zero attached hydrogens (tertiary/aromatic N) is 1. The lowest BCUT2D eigenvalue weighted by Crippen LogP contribution is -2.13. The van der Waals surface area contributed by atoms with Crippen molar-refractivity contribution >= 4 is 17.3 Å². The van der Waals surface area contributed by atoms with Crippen LogP contribution in [-0.4, -0.2) is 30.0 Å². The first-order valence-corrected chi connectivity index (χ1v) is 5.88. The normalized spacial score (nSPS) is 15.5. The fraction of sp³-hybridized carbons (Fsp3) is 0.455. The van der Waals surface area contributed by atoms with Gasteiger partial charge in [-0.2, -0.15) is 5.10 Å². The van der Waals surface area contributed by atoms with Crippen LogP contribution in [0.2, 0.25) is 5.02 Å². The highest BCUT2D eigenvalue weighted by Gasteiger charge is 2.06. The highest BCUT2D eigenvalue weighted by molar-refractivity contribution is 6.32. The summed E-state index contributed by atoms with van der Waals surface area (Å²) in [5.74, 6) is 0. The molecule has 5 nitrogen and oxygen atoms in total. The number of rotatable bonds is 4. The minimum atomic E-state index is -0.373. The Hall–Kier alpha value is -1.33. The number of hydrogen-bond acceptors (Lipinski definition) is 4. The molecule has 0 amide bonds. The van der Waals surface area contributed by atoms with E-state index in [0.717, 1.165) is 26.0 Å². The fourth-order valence-corrected chi connectivity index (χ4v) is 1.81. The maximum absolute atomic E-state index is 11.2. The maximum atomic E-state index is 11.2. The van der Waals surface area contributed by atoms with Gasteiger partial charge in [0.2, 0.25) is 0 Å². The van der Waals surface area contributed by atoms with Crippen LogP contribution in [0.25, 0.3) is 0 Å². The monoisotopic (exact) mass is 255 g/mol. The van der Waals surface area contributed by atoms with Crippen LogP contribution in [0, 0.1) is 0 Å². The van der Waals surface area contributed by atoms with Crippen LogP contribution in [0.15, 0.2) is 22.6 Å². The molecule has 0 spiro atoms. The summed E-state index contributed by atoms with van der Waals surface area (Å²) < 4.78 is 5.23. The van der Waals surface area contributed by atoms with Crippen molar-refractivity contribution in [2.75, 3.05) is 25.1 Å². The number of aromatic nitrogens is 2. The molecule has 17 heavy (non-hydrogen) atoms. The Bertz CT molecular complexity index is 470. The Balaban J connectivity index is 1.87. The number of halogens is 1. The van der Waals surface area contributed by atoms with Gasteiger partial charge < -0.3 is 10.1 Å². The number of aromatic amines is 1. The van der Waals surface area contributed by atoms with Gasteiger partial charge in [0.15, 0.2) is 0 Å². The van der Waals surface area contributed by atoms with Crippen molar-refractivity contribution in [3.63, 3.8) is 0 Å². The largest absolute Gasteiger partial charge is 0.382 e. The van der Waals surface area contributed by atoms with Gasteiger partial charge in [-0.1, -0.05) is 23.3 Å². The minimum Gasteiger partial charge on any atom is -0.382 e. The summed E-state index contributed by atoms with van der Waals surface area (Å²) >= 11 is 5.83. The first-order chi connectivity index (χ1) is 8.27. The number of hydrogen-bond donors (Lipinski definition) is 2. The number of nitrogens with one attached hydrogen (secondary N) is 2. The molecule has 0 saturated carbocycles. The third-order valence-electron chi connectivity index (χ3n) is 2.61. The molecule has 0 saturated heterocycles. The minimum absolute atomic E-state index is 0.154. The number of anilines is 1. The fourth-order valence-electron chi connectivity index (χ4n) is 1.66. The Morgan fingerprint density at radius 2 is 2.47 bits per heavy atom. The highest BCUT2D eigenvalue weighted by Crippen LogP contribution is 2.16. The number of H-pyrrole nitrogens is 1. The summed E-state index contributed by atoms with van der Waals surface area (Å²) in [6.07, 6.45) is 5.51. The van der Waals surface area contributed by atoms with Crippen molar-refractivity contribution in [1.29, 1.82) is 0 Å². The highest BCUT2D eigenvalue weighted by atomic mass is 35.5. The molecule has 0 atom stereocenters. The van der Waals surface area contributed by atoms with Crippen molar-refractivity contribution in [2.24, 2.45) is 0 Å². The second kappa shape index (κ2) is 5.84. The average molecular weight is 256 g/mol. The van der Waals surface area contributed by atoms with E-state index >= 15 is 0 Å². The molecular formula is C11H14ClN3O2. The van der Waals surface area contributed by atoms with Gasteiger partial charge in [0.1, 0.15) is 5.02 Å². The third-order valence-corrected chi connectivity index (χ3v) is 2.99. The third kappa shape index (κ3) is 3.31. The van der Waals surface area contributed by atoms with Gasteiger partial charge in [0.05, 0.1) is 25.1 Å². The van der Waals surface area contributed by atoms with Crippen LogP contribution in [0.4, 0.5) is 5.69 Å². The molecule has 1 aliphatic heterocycles. The second-order valence-corrected chi connectivity index (χ2v) is 4.17. The zero-order chi connectivity index (χ0) is 12.1. The quantitative estimate of drug-likeness (QED) is 0.802. The van der Waals surface area contributed by atoms with Gasteiger partial charge in [-0.25, -0.2) is 5.10 Å². The zero-order valence-electron chi connectivity index (χ0n) is 9.33. The predicted octanol–water partition coefficient (Wildman–Crippen LogP) is 1.57. The van der Waals surface area contributed by atoms with E-state index in [2.05, 4.69) is 21.6 Å². The van der Waals surface area contributed by atoms with E-state index in [1.165, 1.54) is 11.8 Å². The Morgan fingerprint density at radius 1 is 1.59 bits per heavy atom. The van der Waals surface area contributed by atoms with E-state index in [-0.39, 0.29) is 10.6 Å². The van der Waals surface area contributed by atoms with Gasteiger partial charge in [0, 0.05) is 6.54 Å². The van der Waals surface area contributed by atoms with E-state index < -0.39 is 0 Å². The summed E-state index contributed by atoms with van der Waals surface area (Å²) in [6.45, 7) is 2.22. The first kappa shape index (κ1) is 12.1. The molecule has 0 aromatic carbocycles. The summed E-state index contributed by atoms with van der Waals surface area (Å²) in [4.78, 5) is 11.2. The molecule has 2 N–H and O–H groups in total. The van der Waals surface area contributed by atoms with Gasteiger partial charge in [0.25, 0.3) is 5.56 Å². The molecule has 0 unspecified atom stereocenters. The smallest absolute Gasteiger partial charge is 0.285 e. The molecule has 2 rings (SSSR count). The second-order valence-electron chi connectivity index (χ2n) is 3.79. The van der Waals surface area contributed by atoms with Gasteiger partial charge in [-0.3, -0.25) is 4.79 Å². The van der Waals surface area contributed by atoms with E-state index in [1.807, 2.05) is 0 Å². The van der Waals surface area contributed by atoms with Crippen LogP contribution in [-0.2, 0) is 4.74 Å². The Labute approximate surface area is 104 Å². The van der Waals surface area contributed by atoms with Crippen LogP contribution in [0.1, 0.15) is 12.8 Å². The van der Waals surface area contributed by atoms with Gasteiger partial charge in [-0.15, -0.1) is 0 Å². The Kier molecular flexibility index (Phi) is 4.17. The molecule has 0 radical (unpaired) electrons. The average Bonchev–Trinajstić information content (AvgIpc) is 2.36. The predicted molar refractivity (Wildman–Crippen MR) is 66.5 cm³/mol. The molecule has 0 aliphatic carbocycles. The lowest BCUT2D eigenvalue weighted by molar-refractivity contribution is 0.153. The summed E-state index contributed by atoms with van der Waals surface area (Å²) in [5, 5.41) is 9.22. The number of ether oxygens (including phenoxy) is 1. The van der Waals surface area contributed by atoms with E-state index in [9.17, 15) is 4.79 Å².